The molecule has 84 valence electrons. The molecule has 0 aromatic heterocycles. The number of benzene rings is 1. The Labute approximate surface area is 95.5 Å². The van der Waals surface area contributed by atoms with Gasteiger partial charge in [0.2, 0.25) is 20.0 Å². The molecular formula is C6H7BrN2O4S2. The summed E-state index contributed by atoms with van der Waals surface area (Å²) in [6.45, 7) is 0. The highest BCUT2D eigenvalue weighted by atomic mass is 79.9. The highest BCUT2D eigenvalue weighted by Gasteiger charge is 2.15. The van der Waals surface area contributed by atoms with E-state index in [4.69, 9.17) is 10.3 Å². The molecule has 0 aliphatic rings. The fraction of sp³-hybridized carbons (Fsp3) is 0. The lowest BCUT2D eigenvalue weighted by Crippen LogP contribution is -2.16. The standard InChI is InChI=1S/C6H7BrN2O4S2/c7-4-1-5(14(8,10)11)3-6(2-4)15(9,12)13/h1-3H,(H2,8,10,11)(H2,9,12,13). The number of hydrogen-bond acceptors (Lipinski definition) is 4. The van der Waals surface area contributed by atoms with Gasteiger partial charge in [0, 0.05) is 4.47 Å². The van der Waals surface area contributed by atoms with Gasteiger partial charge in [-0.05, 0) is 18.2 Å². The maximum Gasteiger partial charge on any atom is 0.238 e. The van der Waals surface area contributed by atoms with Crippen molar-refractivity contribution in [2.24, 2.45) is 10.3 Å². The molecule has 0 heterocycles. The van der Waals surface area contributed by atoms with Crippen molar-refractivity contribution in [2.45, 2.75) is 9.79 Å². The average molecular weight is 315 g/mol. The Morgan fingerprint density at radius 2 is 1.20 bits per heavy atom. The summed E-state index contributed by atoms with van der Waals surface area (Å²) in [5.74, 6) is 0. The Morgan fingerprint density at radius 3 is 1.47 bits per heavy atom. The molecule has 9 heteroatoms. The molecule has 0 spiro atoms. The number of rotatable bonds is 2. The summed E-state index contributed by atoms with van der Waals surface area (Å²) < 4.78 is 44.2. The lowest BCUT2D eigenvalue weighted by atomic mass is 10.4. The summed E-state index contributed by atoms with van der Waals surface area (Å²) in [6.07, 6.45) is 0. The quantitative estimate of drug-likeness (QED) is 0.781. The summed E-state index contributed by atoms with van der Waals surface area (Å²) >= 11 is 2.96. The van der Waals surface area contributed by atoms with Gasteiger partial charge >= 0.3 is 0 Å². The van der Waals surface area contributed by atoms with E-state index in [-0.39, 0.29) is 14.3 Å². The Bertz CT molecular complexity index is 543. The third-order valence-electron chi connectivity index (χ3n) is 1.50. The van der Waals surface area contributed by atoms with Gasteiger partial charge in [-0.25, -0.2) is 27.1 Å². The van der Waals surface area contributed by atoms with Crippen LogP contribution in [-0.2, 0) is 20.0 Å². The summed E-state index contributed by atoms with van der Waals surface area (Å²) in [5.41, 5.74) is 0. The predicted octanol–water partition coefficient (Wildman–Crippen LogP) is -0.256. The fourth-order valence-corrected chi connectivity index (χ4v) is 2.90. The first-order valence-electron chi connectivity index (χ1n) is 3.47. The van der Waals surface area contributed by atoms with Crippen molar-refractivity contribution >= 4 is 36.0 Å². The topological polar surface area (TPSA) is 120 Å². The first-order valence-corrected chi connectivity index (χ1v) is 7.35. The molecule has 0 saturated carbocycles. The third-order valence-corrected chi connectivity index (χ3v) is 3.75. The molecule has 6 nitrogen and oxygen atoms in total. The second kappa shape index (κ2) is 3.83. The molecule has 0 amide bonds. The second-order valence-electron chi connectivity index (χ2n) is 2.71. The van der Waals surface area contributed by atoms with E-state index in [1.807, 2.05) is 0 Å². The zero-order valence-electron chi connectivity index (χ0n) is 7.21. The smallest absolute Gasteiger partial charge is 0.225 e. The van der Waals surface area contributed by atoms with Crippen molar-refractivity contribution in [2.75, 3.05) is 0 Å². The fourth-order valence-electron chi connectivity index (χ4n) is 0.866. The maximum atomic E-state index is 11.0. The molecule has 0 unspecified atom stereocenters. The molecule has 1 rings (SSSR count). The molecule has 0 bridgehead atoms. The molecule has 0 aliphatic carbocycles. The molecule has 0 saturated heterocycles. The summed E-state index contributed by atoms with van der Waals surface area (Å²) in [5, 5.41) is 9.71. The zero-order chi connectivity index (χ0) is 11.9. The summed E-state index contributed by atoms with van der Waals surface area (Å²) in [4.78, 5) is -0.637. The number of hydrogen-bond donors (Lipinski definition) is 2. The van der Waals surface area contributed by atoms with Gasteiger partial charge in [-0.3, -0.25) is 0 Å². The molecular weight excluding hydrogens is 308 g/mol. The molecule has 0 radical (unpaired) electrons. The van der Waals surface area contributed by atoms with Crippen LogP contribution in [0.15, 0.2) is 32.5 Å². The van der Waals surface area contributed by atoms with Gasteiger partial charge in [0.05, 0.1) is 9.79 Å². The first-order chi connectivity index (χ1) is 6.60. The average Bonchev–Trinajstić information content (AvgIpc) is 1.99. The van der Waals surface area contributed by atoms with Crippen LogP contribution in [0.4, 0.5) is 0 Å². The minimum absolute atomic E-state index is 0.262. The summed E-state index contributed by atoms with van der Waals surface area (Å²) in [7, 11) is -7.92. The van der Waals surface area contributed by atoms with Crippen LogP contribution in [0.2, 0.25) is 0 Å². The van der Waals surface area contributed by atoms with E-state index in [9.17, 15) is 16.8 Å². The van der Waals surface area contributed by atoms with Crippen LogP contribution < -0.4 is 10.3 Å². The van der Waals surface area contributed by atoms with Gasteiger partial charge in [0.1, 0.15) is 0 Å². The van der Waals surface area contributed by atoms with Crippen molar-refractivity contribution in [1.82, 2.24) is 0 Å². The van der Waals surface area contributed by atoms with Crippen LogP contribution in [0.5, 0.6) is 0 Å². The van der Waals surface area contributed by atoms with Crippen LogP contribution in [0.25, 0.3) is 0 Å². The lowest BCUT2D eigenvalue weighted by molar-refractivity contribution is 0.596. The van der Waals surface area contributed by atoms with Crippen molar-refractivity contribution < 1.29 is 16.8 Å². The van der Waals surface area contributed by atoms with Gasteiger partial charge in [0.25, 0.3) is 0 Å². The van der Waals surface area contributed by atoms with Crippen molar-refractivity contribution in [3.63, 3.8) is 0 Å². The molecule has 0 fully saturated rings. The van der Waals surface area contributed by atoms with Crippen molar-refractivity contribution in [1.29, 1.82) is 0 Å². The van der Waals surface area contributed by atoms with Crippen LogP contribution in [0.3, 0.4) is 0 Å². The van der Waals surface area contributed by atoms with E-state index in [1.165, 1.54) is 12.1 Å². The first kappa shape index (κ1) is 12.6. The van der Waals surface area contributed by atoms with E-state index in [1.54, 1.807) is 0 Å². The van der Waals surface area contributed by atoms with Gasteiger partial charge in [0.15, 0.2) is 0 Å². The number of sulfonamides is 2. The maximum absolute atomic E-state index is 11.0. The molecule has 0 atom stereocenters. The van der Waals surface area contributed by atoms with Crippen molar-refractivity contribution in [3.05, 3.63) is 22.7 Å². The molecule has 1 aromatic carbocycles. The van der Waals surface area contributed by atoms with Crippen LogP contribution in [0, 0.1) is 0 Å². The highest BCUT2D eigenvalue weighted by molar-refractivity contribution is 9.10. The lowest BCUT2D eigenvalue weighted by Gasteiger charge is -2.03. The van der Waals surface area contributed by atoms with Crippen molar-refractivity contribution in [3.8, 4) is 0 Å². The Kier molecular flexibility index (Phi) is 3.22. The monoisotopic (exact) mass is 314 g/mol. The largest absolute Gasteiger partial charge is 0.238 e. The molecule has 0 aliphatic heterocycles. The van der Waals surface area contributed by atoms with E-state index in [0.29, 0.717) is 0 Å². The Hall–Kier alpha value is -0.480. The molecule has 15 heavy (non-hydrogen) atoms. The predicted molar refractivity (Wildman–Crippen MR) is 56.9 cm³/mol. The van der Waals surface area contributed by atoms with Gasteiger partial charge in [-0.1, -0.05) is 15.9 Å². The van der Waals surface area contributed by atoms with Crippen LogP contribution in [0.1, 0.15) is 0 Å². The number of primary sulfonamides is 2. The number of nitrogens with two attached hydrogens (primary N) is 2. The van der Waals surface area contributed by atoms with E-state index >= 15 is 0 Å². The van der Waals surface area contributed by atoms with E-state index in [0.717, 1.165) is 6.07 Å². The normalized spacial score (nSPS) is 12.7. The third kappa shape index (κ3) is 3.24. The molecule has 1 aromatic rings. The van der Waals surface area contributed by atoms with Gasteiger partial charge < -0.3 is 0 Å². The second-order valence-corrected chi connectivity index (χ2v) is 6.75. The highest BCUT2D eigenvalue weighted by Crippen LogP contribution is 2.20. The zero-order valence-corrected chi connectivity index (χ0v) is 10.4. The SMILES string of the molecule is NS(=O)(=O)c1cc(Br)cc(S(N)(=O)=O)c1. The van der Waals surface area contributed by atoms with Gasteiger partial charge in [-0.15, -0.1) is 0 Å². The van der Waals surface area contributed by atoms with Crippen LogP contribution in [-0.4, -0.2) is 16.8 Å². The molecule has 4 N–H and O–H groups in total. The minimum Gasteiger partial charge on any atom is -0.225 e. The van der Waals surface area contributed by atoms with Crippen LogP contribution >= 0.6 is 15.9 Å². The van der Waals surface area contributed by atoms with Gasteiger partial charge in [-0.2, -0.15) is 0 Å². The minimum atomic E-state index is -3.96. The summed E-state index contributed by atoms with van der Waals surface area (Å²) in [6, 6.07) is 3.27. The number of halogens is 1. The van der Waals surface area contributed by atoms with E-state index < -0.39 is 20.0 Å². The van der Waals surface area contributed by atoms with E-state index in [2.05, 4.69) is 15.9 Å². The Balaban J connectivity index is 3.57. The Morgan fingerprint density at radius 1 is 0.867 bits per heavy atom.